The molecule has 2 nitrogen and oxygen atoms in total. The van der Waals surface area contributed by atoms with Crippen LogP contribution in [0.2, 0.25) is 0 Å². The van der Waals surface area contributed by atoms with Gasteiger partial charge in [0, 0.05) is 35.4 Å². The number of hydrogen-bond donors (Lipinski definition) is 1. The number of rotatable bonds is 16. The maximum Gasteiger partial charge on any atom is 0.0915 e. The summed E-state index contributed by atoms with van der Waals surface area (Å²) in [5, 5.41) is 3.48. The van der Waals surface area contributed by atoms with Gasteiger partial charge in [0.2, 0.25) is 0 Å². The minimum atomic E-state index is -0.0455. The zero-order valence-electron chi connectivity index (χ0n) is 17.2. The fourth-order valence-corrected chi connectivity index (χ4v) is 4.05. The van der Waals surface area contributed by atoms with Gasteiger partial charge in [-0.2, -0.15) is 0 Å². The molecule has 0 aromatic carbocycles. The van der Waals surface area contributed by atoms with Gasteiger partial charge in [0.05, 0.1) is 12.2 Å². The Kier molecular flexibility index (Phi) is 15.8. The Bertz CT molecular complexity index is 368. The summed E-state index contributed by atoms with van der Waals surface area (Å²) in [4.78, 5) is 2.85. The van der Waals surface area contributed by atoms with Crippen LogP contribution < -0.4 is 5.32 Å². The average Bonchev–Trinajstić information content (AvgIpc) is 2.67. The lowest BCUT2D eigenvalue weighted by molar-refractivity contribution is -0.0688. The van der Waals surface area contributed by atoms with Crippen LogP contribution in [-0.4, -0.2) is 25.3 Å². The molecule has 0 spiro atoms. The molecule has 1 unspecified atom stereocenters. The van der Waals surface area contributed by atoms with Crippen molar-refractivity contribution in [1.82, 2.24) is 5.32 Å². The second-order valence-electron chi connectivity index (χ2n) is 8.00. The van der Waals surface area contributed by atoms with Crippen molar-refractivity contribution in [3.05, 3.63) is 0 Å². The first-order chi connectivity index (χ1) is 12.8. The maximum absolute atomic E-state index is 6.10. The zero-order valence-corrected chi connectivity index (χ0v) is 18.8. The summed E-state index contributed by atoms with van der Waals surface area (Å²) in [6.07, 6.45) is 21.7. The molecular weight excluding hydrogens is 386 g/mol. The van der Waals surface area contributed by atoms with Crippen molar-refractivity contribution in [2.45, 2.75) is 115 Å². The Morgan fingerprint density at radius 2 is 1.38 bits per heavy atom. The van der Waals surface area contributed by atoms with Crippen LogP contribution in [0.25, 0.3) is 0 Å². The van der Waals surface area contributed by atoms with E-state index >= 15 is 0 Å². The van der Waals surface area contributed by atoms with Gasteiger partial charge in [-0.15, -0.1) is 0 Å². The largest absolute Gasteiger partial charge is 0.371 e. The second kappa shape index (κ2) is 17.1. The molecule has 0 bridgehead atoms. The highest BCUT2D eigenvalue weighted by Gasteiger charge is 2.31. The van der Waals surface area contributed by atoms with Gasteiger partial charge in [0.1, 0.15) is 0 Å². The highest BCUT2D eigenvalue weighted by Crippen LogP contribution is 2.25. The lowest BCUT2D eigenvalue weighted by Crippen LogP contribution is -2.49. The quantitative estimate of drug-likeness (QED) is 0.212. The Morgan fingerprint density at radius 1 is 0.846 bits per heavy atom. The number of morpholine rings is 1. The highest BCUT2D eigenvalue weighted by molar-refractivity contribution is 9.12. The molecule has 1 rings (SSSR count). The minimum Gasteiger partial charge on any atom is -0.371 e. The van der Waals surface area contributed by atoms with Gasteiger partial charge in [-0.3, -0.25) is 0 Å². The summed E-state index contributed by atoms with van der Waals surface area (Å²) in [7, 11) is 0. The van der Waals surface area contributed by atoms with E-state index in [2.05, 4.69) is 38.9 Å². The molecule has 0 aliphatic carbocycles. The monoisotopic (exact) mass is 427 g/mol. The molecule has 152 valence electrons. The van der Waals surface area contributed by atoms with Crippen LogP contribution >= 0.6 is 15.9 Å². The third-order valence-electron chi connectivity index (χ3n) is 5.60. The Labute approximate surface area is 171 Å². The highest BCUT2D eigenvalue weighted by atomic mass is 79.9. The van der Waals surface area contributed by atoms with Crippen LogP contribution in [0.4, 0.5) is 0 Å². The van der Waals surface area contributed by atoms with E-state index < -0.39 is 0 Å². The molecule has 1 saturated heterocycles. The van der Waals surface area contributed by atoms with E-state index in [1.54, 1.807) is 0 Å². The number of halogens is 1. The number of nitrogens with one attached hydrogen (secondary N) is 1. The fourth-order valence-electron chi connectivity index (χ4n) is 3.91. The summed E-state index contributed by atoms with van der Waals surface area (Å²) in [5.74, 6) is 3.16. The van der Waals surface area contributed by atoms with E-state index in [0.717, 1.165) is 32.5 Å². The predicted octanol–water partition coefficient (Wildman–Crippen LogP) is 6.96. The number of hydrogen-bond acceptors (Lipinski definition) is 2. The summed E-state index contributed by atoms with van der Waals surface area (Å²) < 4.78 is 6.10. The van der Waals surface area contributed by atoms with E-state index in [0.29, 0.717) is 0 Å². The van der Waals surface area contributed by atoms with Crippen LogP contribution in [0.15, 0.2) is 0 Å². The molecule has 0 saturated carbocycles. The molecule has 1 heterocycles. The second-order valence-corrected chi connectivity index (χ2v) is 8.40. The molecule has 1 aliphatic rings. The van der Waals surface area contributed by atoms with E-state index in [9.17, 15) is 0 Å². The predicted molar refractivity (Wildman–Crippen MR) is 118 cm³/mol. The van der Waals surface area contributed by atoms with Gasteiger partial charge in [-0.1, -0.05) is 103 Å². The molecule has 1 fully saturated rings. The smallest absolute Gasteiger partial charge is 0.0915 e. The molecule has 1 N–H and O–H groups in total. The van der Waals surface area contributed by atoms with E-state index in [1.807, 2.05) is 0 Å². The van der Waals surface area contributed by atoms with Crippen LogP contribution in [0, 0.1) is 10.8 Å². The summed E-state index contributed by atoms with van der Waals surface area (Å²) >= 11 is 3.21. The summed E-state index contributed by atoms with van der Waals surface area (Å²) in [5.41, 5.74) is -0.0455. The molecule has 26 heavy (non-hydrogen) atoms. The lowest BCUT2D eigenvalue weighted by Gasteiger charge is -2.36. The van der Waals surface area contributed by atoms with Crippen molar-refractivity contribution in [2.24, 2.45) is 0 Å². The van der Waals surface area contributed by atoms with Gasteiger partial charge in [-0.25, -0.2) is 0 Å². The van der Waals surface area contributed by atoms with Gasteiger partial charge < -0.3 is 10.1 Å². The molecule has 0 amide bonds. The van der Waals surface area contributed by atoms with Crippen LogP contribution in [0.1, 0.15) is 110 Å². The summed E-state index contributed by atoms with van der Waals surface area (Å²) in [6.45, 7) is 5.04. The van der Waals surface area contributed by atoms with Crippen molar-refractivity contribution >= 4 is 15.9 Å². The maximum atomic E-state index is 6.10. The third-order valence-corrected chi connectivity index (χ3v) is 5.88. The van der Waals surface area contributed by atoms with Crippen molar-refractivity contribution in [2.75, 3.05) is 19.7 Å². The molecule has 3 heteroatoms. The molecular formula is C23H42BrNO. The van der Waals surface area contributed by atoms with Crippen molar-refractivity contribution in [1.29, 1.82) is 0 Å². The lowest BCUT2D eigenvalue weighted by atomic mass is 9.91. The van der Waals surface area contributed by atoms with Crippen LogP contribution in [-0.2, 0) is 4.74 Å². The Hall–Kier alpha value is -0.0400. The minimum absolute atomic E-state index is 0.0455. The molecule has 1 aliphatic heterocycles. The van der Waals surface area contributed by atoms with Gasteiger partial charge in [0.25, 0.3) is 0 Å². The Morgan fingerprint density at radius 3 is 1.85 bits per heavy atom. The standard InChI is InChI=1S/C23H42BrNO/c1-2-3-4-5-6-7-8-9-10-11-12-13-14-15-17-23(18-16-19-24)22-25-20-21-26-23/h25H,2-15,17-18,20-22H2,1H3. The van der Waals surface area contributed by atoms with Crippen molar-refractivity contribution in [3.8, 4) is 10.8 Å². The molecule has 0 radical (unpaired) electrons. The first kappa shape index (κ1) is 24.0. The van der Waals surface area contributed by atoms with Crippen LogP contribution in [0.3, 0.4) is 0 Å². The molecule has 0 aromatic heterocycles. The van der Waals surface area contributed by atoms with Crippen LogP contribution in [0.5, 0.6) is 0 Å². The molecule has 0 aromatic rings. The van der Waals surface area contributed by atoms with Gasteiger partial charge in [-0.05, 0) is 11.3 Å². The van der Waals surface area contributed by atoms with E-state index in [4.69, 9.17) is 4.74 Å². The zero-order chi connectivity index (χ0) is 18.8. The first-order valence-electron chi connectivity index (χ1n) is 11.3. The van der Waals surface area contributed by atoms with Crippen molar-refractivity contribution in [3.63, 3.8) is 0 Å². The molecule has 1 atom stereocenters. The van der Waals surface area contributed by atoms with Gasteiger partial charge in [0.15, 0.2) is 0 Å². The number of unbranched alkanes of at least 4 members (excludes halogenated alkanes) is 13. The topological polar surface area (TPSA) is 21.3 Å². The van der Waals surface area contributed by atoms with Gasteiger partial charge >= 0.3 is 0 Å². The van der Waals surface area contributed by atoms with E-state index in [1.165, 1.54) is 89.9 Å². The van der Waals surface area contributed by atoms with Crippen molar-refractivity contribution < 1.29 is 4.74 Å². The SMILES string of the molecule is CCCCCCCCCCCCCCCCC1(CC#CBr)CNCCO1. The summed E-state index contributed by atoms with van der Waals surface area (Å²) in [6, 6.07) is 0. The average molecular weight is 428 g/mol. The normalized spacial score (nSPS) is 19.9. The van der Waals surface area contributed by atoms with E-state index in [-0.39, 0.29) is 5.60 Å². The first-order valence-corrected chi connectivity index (χ1v) is 12.1. The third kappa shape index (κ3) is 12.4. The Balaban J connectivity index is 1.91. The number of ether oxygens (including phenoxy) is 1. The fraction of sp³-hybridized carbons (Fsp3) is 0.913.